The number of aliphatic hydroxyl groups excluding tert-OH is 2. The van der Waals surface area contributed by atoms with Crippen molar-refractivity contribution in [1.82, 2.24) is 0 Å². The maximum Gasteiger partial charge on any atom is 0.203 e. The molecule has 9 atom stereocenters. The van der Waals surface area contributed by atoms with Crippen LogP contribution in [-0.2, 0) is 4.79 Å². The summed E-state index contributed by atoms with van der Waals surface area (Å²) in [6, 6.07) is 0. The van der Waals surface area contributed by atoms with Gasteiger partial charge in [-0.1, -0.05) is 48.5 Å². The number of aliphatic hydroxyl groups is 2. The average molecular weight is 530 g/mol. The van der Waals surface area contributed by atoms with E-state index >= 15 is 0 Å². The Morgan fingerprint density at radius 3 is 2.27 bits per heavy atom. The van der Waals surface area contributed by atoms with Crippen LogP contribution in [0.25, 0.3) is 4.85 Å². The molecule has 0 aromatic heterocycles. The lowest BCUT2D eigenvalue weighted by Gasteiger charge is -2.73. The third-order valence-electron chi connectivity index (χ3n) is 13.6. The Labute approximate surface area is 229 Å². The van der Waals surface area contributed by atoms with E-state index in [1.165, 1.54) is 0 Å². The van der Waals surface area contributed by atoms with Gasteiger partial charge in [-0.2, -0.15) is 0 Å². The molecular weight excluding hydrogens is 482 g/mol. The second kappa shape index (κ2) is 8.23. The van der Waals surface area contributed by atoms with Gasteiger partial charge in [-0.25, -0.2) is 4.85 Å². The van der Waals surface area contributed by atoms with Gasteiger partial charge in [0, 0.05) is 29.0 Å². The van der Waals surface area contributed by atoms with Crippen LogP contribution < -0.4 is 0 Å². The first-order valence-electron chi connectivity index (χ1n) is 14.6. The van der Waals surface area contributed by atoms with E-state index in [0.29, 0.717) is 24.3 Å². The van der Waals surface area contributed by atoms with Gasteiger partial charge in [0.15, 0.2) is 0 Å². The van der Waals surface area contributed by atoms with Crippen LogP contribution in [0.5, 0.6) is 0 Å². The summed E-state index contributed by atoms with van der Waals surface area (Å²) < 4.78 is 0. The zero-order valence-electron chi connectivity index (χ0n) is 24.1. The first-order valence-corrected chi connectivity index (χ1v) is 15.1. The number of nitrogens with zero attached hydrogens (tertiary/aromatic N) is 1. The number of halogens is 1. The molecule has 0 spiro atoms. The van der Waals surface area contributed by atoms with E-state index in [0.717, 1.165) is 44.9 Å². The smallest absolute Gasteiger partial charge is 0.203 e. The molecule has 5 aliphatic rings. The van der Waals surface area contributed by atoms with Crippen molar-refractivity contribution >= 4 is 17.4 Å². The van der Waals surface area contributed by atoms with E-state index in [1.54, 1.807) is 0 Å². The number of allylic oxidation sites excluding steroid dienone is 2. The van der Waals surface area contributed by atoms with Crippen LogP contribution >= 0.6 is 11.6 Å². The van der Waals surface area contributed by atoms with Gasteiger partial charge in [-0.05, 0) is 90.8 Å². The molecule has 0 bridgehead atoms. The number of Topliss-reactive ketones (excluding diaryl/α,β-unsaturated/α-hetero) is 1. The van der Waals surface area contributed by atoms with E-state index in [9.17, 15) is 15.0 Å². The number of alkyl halides is 1. The molecule has 0 saturated heterocycles. The summed E-state index contributed by atoms with van der Waals surface area (Å²) in [5.74, 6) is 1.40. The fourth-order valence-corrected chi connectivity index (χ4v) is 11.7. The van der Waals surface area contributed by atoms with Gasteiger partial charge in [0.2, 0.25) is 5.70 Å². The highest BCUT2D eigenvalue weighted by Gasteiger charge is 2.72. The van der Waals surface area contributed by atoms with Gasteiger partial charge in [0.05, 0.1) is 12.7 Å². The summed E-state index contributed by atoms with van der Waals surface area (Å²) >= 11 is 6.33. The third-order valence-corrected chi connectivity index (χ3v) is 13.9. The highest BCUT2D eigenvalue weighted by molar-refractivity contribution is 6.18. The molecule has 0 radical (unpaired) electrons. The lowest BCUT2D eigenvalue weighted by molar-refractivity contribution is -0.240. The highest BCUT2D eigenvalue weighted by Crippen LogP contribution is 2.76. The van der Waals surface area contributed by atoms with Crippen molar-refractivity contribution < 1.29 is 15.0 Å². The third kappa shape index (κ3) is 3.38. The Kier molecular flexibility index (Phi) is 6.12. The molecule has 4 nitrogen and oxygen atoms in total. The van der Waals surface area contributed by atoms with Crippen LogP contribution in [0.4, 0.5) is 0 Å². The first-order chi connectivity index (χ1) is 17.0. The molecule has 0 aromatic rings. The van der Waals surface area contributed by atoms with Crippen LogP contribution in [0.3, 0.4) is 0 Å². The molecule has 206 valence electrons. The number of carbonyl (C=O) groups excluding carboxylic acids is 1. The predicted octanol–water partition coefficient (Wildman–Crippen LogP) is 7.95. The molecule has 0 heterocycles. The molecule has 37 heavy (non-hydrogen) atoms. The Hall–Kier alpha value is -1.05. The van der Waals surface area contributed by atoms with Gasteiger partial charge in [-0.15, -0.1) is 11.6 Å². The normalized spacial score (nSPS) is 49.1. The number of ketones is 1. The topological polar surface area (TPSA) is 61.9 Å². The zero-order chi connectivity index (χ0) is 27.4. The van der Waals surface area contributed by atoms with Crippen molar-refractivity contribution in [3.05, 3.63) is 22.9 Å². The Morgan fingerprint density at radius 2 is 1.65 bits per heavy atom. The molecule has 4 saturated carbocycles. The van der Waals surface area contributed by atoms with Crippen molar-refractivity contribution in [3.63, 3.8) is 0 Å². The molecule has 0 aliphatic heterocycles. The van der Waals surface area contributed by atoms with Crippen LogP contribution in [0.15, 0.2) is 11.5 Å². The minimum atomic E-state index is -0.570. The van der Waals surface area contributed by atoms with E-state index in [4.69, 9.17) is 18.2 Å². The summed E-state index contributed by atoms with van der Waals surface area (Å²) in [7, 11) is 0. The number of hydrogen-bond donors (Lipinski definition) is 2. The molecule has 5 rings (SSSR count). The SMILES string of the molecule is [C-]#[N+]C1=C(O)C(C)(C)[C@@H]2CC[C@]3(C)[C@H](CC(=O)[C@@H]4[C@@H]5CC(C)(C)CC[C@]5(C(O)CCl)CC[C@]43C)[C@@]2(C)C1. The summed E-state index contributed by atoms with van der Waals surface area (Å²) in [5, 5.41) is 22.4. The van der Waals surface area contributed by atoms with Crippen molar-refractivity contribution in [3.8, 4) is 0 Å². The first kappa shape index (κ1) is 27.5. The fraction of sp³-hybridized carbons (Fsp3) is 0.875. The van der Waals surface area contributed by atoms with Crippen molar-refractivity contribution in [2.45, 2.75) is 112 Å². The number of rotatable bonds is 2. The van der Waals surface area contributed by atoms with E-state index in [1.807, 2.05) is 0 Å². The standard InChI is InChI=1S/C32H48ClNO3/c1-27(2)11-13-32(24(36)18-33)14-12-31(7)25(19(32)16-27)21(35)15-23-29(5)17-20(34-8)26(37)28(3,4)22(29)9-10-30(23,31)6/h19,22-25,36-37H,9-18H2,1-7H3/t19-,22-,23+,24?,25-,29-,30+,31+,32-/m0/s1. The predicted molar refractivity (Wildman–Crippen MR) is 148 cm³/mol. The Bertz CT molecular complexity index is 1070. The largest absolute Gasteiger partial charge is 0.523 e. The molecule has 5 aliphatic carbocycles. The van der Waals surface area contributed by atoms with Crippen LogP contribution in [-0.4, -0.2) is 28.0 Å². The lowest BCUT2D eigenvalue weighted by atomic mass is 9.31. The van der Waals surface area contributed by atoms with E-state index in [2.05, 4.69) is 53.3 Å². The molecule has 0 aromatic carbocycles. The monoisotopic (exact) mass is 529 g/mol. The van der Waals surface area contributed by atoms with Crippen molar-refractivity contribution in [2.75, 3.05) is 5.88 Å². The minimum Gasteiger partial charge on any atom is -0.523 e. The second-order valence-corrected chi connectivity index (χ2v) is 16.1. The Balaban J connectivity index is 1.62. The van der Waals surface area contributed by atoms with Crippen molar-refractivity contribution in [2.24, 2.45) is 56.2 Å². The van der Waals surface area contributed by atoms with Gasteiger partial charge in [0.25, 0.3) is 0 Å². The summed E-state index contributed by atoms with van der Waals surface area (Å²) in [6.45, 7) is 23.9. The van der Waals surface area contributed by atoms with Gasteiger partial charge >= 0.3 is 0 Å². The summed E-state index contributed by atoms with van der Waals surface area (Å²) in [6.07, 6.45) is 7.47. The summed E-state index contributed by atoms with van der Waals surface area (Å²) in [4.78, 5) is 18.3. The quantitative estimate of drug-likeness (QED) is 0.282. The van der Waals surface area contributed by atoms with Gasteiger partial charge in [-0.3, -0.25) is 4.79 Å². The fourth-order valence-electron chi connectivity index (χ4n) is 11.4. The van der Waals surface area contributed by atoms with E-state index < -0.39 is 11.5 Å². The van der Waals surface area contributed by atoms with Crippen molar-refractivity contribution in [1.29, 1.82) is 0 Å². The summed E-state index contributed by atoms with van der Waals surface area (Å²) in [5.41, 5.74) is -0.473. The van der Waals surface area contributed by atoms with Crippen LogP contribution in [0.2, 0.25) is 0 Å². The van der Waals surface area contributed by atoms with Gasteiger partial charge < -0.3 is 10.2 Å². The molecule has 4 fully saturated rings. The highest BCUT2D eigenvalue weighted by atomic mass is 35.5. The molecular formula is C32H48ClNO3. The second-order valence-electron chi connectivity index (χ2n) is 15.8. The molecule has 5 heteroatoms. The van der Waals surface area contributed by atoms with E-state index in [-0.39, 0.29) is 62.4 Å². The van der Waals surface area contributed by atoms with Crippen LogP contribution in [0.1, 0.15) is 106 Å². The molecule has 1 unspecified atom stereocenters. The number of carbonyl (C=O) groups is 1. The average Bonchev–Trinajstić information content (AvgIpc) is 2.82. The lowest BCUT2D eigenvalue weighted by Crippen LogP contribution is -2.69. The van der Waals surface area contributed by atoms with Gasteiger partial charge in [0.1, 0.15) is 11.5 Å². The molecule has 2 N–H and O–H groups in total. The zero-order valence-corrected chi connectivity index (χ0v) is 24.8. The number of fused-ring (bicyclic) bond motifs is 7. The number of hydrogen-bond acceptors (Lipinski definition) is 3. The maximum absolute atomic E-state index is 14.5. The maximum atomic E-state index is 14.5. The Morgan fingerprint density at radius 1 is 1.00 bits per heavy atom. The molecule has 0 amide bonds. The minimum absolute atomic E-state index is 0.0350. The van der Waals surface area contributed by atoms with Crippen LogP contribution in [0, 0.1) is 62.7 Å².